The molecular formula is C24H24N2O5. The van der Waals surface area contributed by atoms with E-state index in [9.17, 15) is 14.4 Å². The highest BCUT2D eigenvalue weighted by Crippen LogP contribution is 2.25. The summed E-state index contributed by atoms with van der Waals surface area (Å²) in [6, 6.07) is 18.9. The molecule has 0 aliphatic rings. The van der Waals surface area contributed by atoms with Crippen molar-refractivity contribution in [2.45, 2.75) is 13.3 Å². The molecule has 0 fully saturated rings. The molecule has 31 heavy (non-hydrogen) atoms. The number of amides is 2. The van der Waals surface area contributed by atoms with Crippen molar-refractivity contribution < 1.29 is 23.9 Å². The first-order valence-electron chi connectivity index (χ1n) is 9.79. The molecule has 0 radical (unpaired) electrons. The van der Waals surface area contributed by atoms with E-state index in [1.807, 2.05) is 55.5 Å². The summed E-state index contributed by atoms with van der Waals surface area (Å²) in [7, 11) is 1.50. The molecule has 7 nitrogen and oxygen atoms in total. The van der Waals surface area contributed by atoms with E-state index in [1.54, 1.807) is 12.1 Å². The molecule has 3 aromatic carbocycles. The van der Waals surface area contributed by atoms with E-state index in [2.05, 4.69) is 10.6 Å². The number of ether oxygens (including phenoxy) is 2. The van der Waals surface area contributed by atoms with Crippen molar-refractivity contribution >= 4 is 34.2 Å². The van der Waals surface area contributed by atoms with E-state index in [-0.39, 0.29) is 18.9 Å². The Bertz CT molecular complexity index is 1100. The molecule has 0 aromatic heterocycles. The van der Waals surface area contributed by atoms with Gasteiger partial charge in [0.25, 0.3) is 5.91 Å². The minimum atomic E-state index is -0.697. The molecule has 7 heteroatoms. The van der Waals surface area contributed by atoms with E-state index in [0.29, 0.717) is 11.4 Å². The fourth-order valence-corrected chi connectivity index (χ4v) is 3.16. The summed E-state index contributed by atoms with van der Waals surface area (Å²) in [5, 5.41) is 7.21. The van der Waals surface area contributed by atoms with Gasteiger partial charge < -0.3 is 20.1 Å². The van der Waals surface area contributed by atoms with Crippen LogP contribution in [0.5, 0.6) is 5.75 Å². The van der Waals surface area contributed by atoms with Crippen molar-refractivity contribution in [3.63, 3.8) is 0 Å². The third-order valence-corrected chi connectivity index (χ3v) is 4.65. The first-order valence-corrected chi connectivity index (χ1v) is 9.79. The first-order chi connectivity index (χ1) is 15.0. The lowest BCUT2D eigenvalue weighted by molar-refractivity contribution is -0.147. The molecule has 0 bridgehead atoms. The van der Waals surface area contributed by atoms with Crippen LogP contribution in [0.2, 0.25) is 0 Å². The summed E-state index contributed by atoms with van der Waals surface area (Å²) in [6.07, 6.45) is 0.141. The zero-order valence-electron chi connectivity index (χ0n) is 17.4. The number of fused-ring (bicyclic) bond motifs is 1. The standard InChI is InChI=1S/C24H24N2O5/c1-16-10-11-21(30-2)20(12-16)26-23(28)15-31-24(29)14-25-22(27)13-18-8-5-7-17-6-3-4-9-19(17)18/h3-12H,13-15H2,1-2H3,(H,25,27)(H,26,28). The van der Waals surface area contributed by atoms with Crippen LogP contribution in [0, 0.1) is 6.92 Å². The van der Waals surface area contributed by atoms with Crippen molar-refractivity contribution in [1.82, 2.24) is 5.32 Å². The molecule has 3 aromatic rings. The third kappa shape index (κ3) is 6.05. The van der Waals surface area contributed by atoms with Crippen LogP contribution in [0.4, 0.5) is 5.69 Å². The summed E-state index contributed by atoms with van der Waals surface area (Å²) < 4.78 is 10.1. The number of aryl methyl sites for hydroxylation is 1. The number of anilines is 1. The van der Waals surface area contributed by atoms with Gasteiger partial charge in [-0.05, 0) is 41.0 Å². The van der Waals surface area contributed by atoms with Crippen molar-refractivity contribution in [2.24, 2.45) is 0 Å². The van der Waals surface area contributed by atoms with Crippen molar-refractivity contribution in [3.8, 4) is 5.75 Å². The van der Waals surface area contributed by atoms with Crippen LogP contribution in [-0.2, 0) is 25.5 Å². The number of carbonyl (C=O) groups is 3. The number of esters is 1. The van der Waals surface area contributed by atoms with E-state index in [4.69, 9.17) is 9.47 Å². The molecule has 0 atom stereocenters. The van der Waals surface area contributed by atoms with Crippen LogP contribution in [0.1, 0.15) is 11.1 Å². The maximum Gasteiger partial charge on any atom is 0.325 e. The van der Waals surface area contributed by atoms with Crippen LogP contribution in [0.3, 0.4) is 0 Å². The zero-order valence-corrected chi connectivity index (χ0v) is 17.4. The summed E-state index contributed by atoms with van der Waals surface area (Å²) >= 11 is 0. The fourth-order valence-electron chi connectivity index (χ4n) is 3.16. The second-order valence-corrected chi connectivity index (χ2v) is 7.00. The van der Waals surface area contributed by atoms with Crippen molar-refractivity contribution in [2.75, 3.05) is 25.6 Å². The van der Waals surface area contributed by atoms with Gasteiger partial charge in [0.05, 0.1) is 19.2 Å². The Balaban J connectivity index is 1.45. The molecule has 2 N–H and O–H groups in total. The molecule has 0 spiro atoms. The quantitative estimate of drug-likeness (QED) is 0.547. The smallest absolute Gasteiger partial charge is 0.325 e. The van der Waals surface area contributed by atoms with Gasteiger partial charge in [-0.1, -0.05) is 48.5 Å². The number of nitrogens with one attached hydrogen (secondary N) is 2. The SMILES string of the molecule is COc1ccc(C)cc1NC(=O)COC(=O)CNC(=O)Cc1cccc2ccccc12. The molecule has 0 saturated carbocycles. The fraction of sp³-hybridized carbons (Fsp3) is 0.208. The van der Waals surface area contributed by atoms with Gasteiger partial charge in [0.1, 0.15) is 12.3 Å². The lowest BCUT2D eigenvalue weighted by Crippen LogP contribution is -2.33. The van der Waals surface area contributed by atoms with Gasteiger partial charge in [0, 0.05) is 0 Å². The molecule has 0 saturated heterocycles. The van der Waals surface area contributed by atoms with Crippen LogP contribution in [0.15, 0.2) is 60.7 Å². The Hall–Kier alpha value is -3.87. The molecule has 0 heterocycles. The minimum absolute atomic E-state index is 0.141. The Morgan fingerprint density at radius 3 is 2.52 bits per heavy atom. The van der Waals surface area contributed by atoms with Gasteiger partial charge in [-0.2, -0.15) is 0 Å². The number of benzene rings is 3. The average molecular weight is 420 g/mol. The number of rotatable bonds is 8. The summed E-state index contributed by atoms with van der Waals surface area (Å²) in [6.45, 7) is 1.11. The monoisotopic (exact) mass is 420 g/mol. The Labute approximate surface area is 180 Å². The minimum Gasteiger partial charge on any atom is -0.495 e. The molecule has 0 unspecified atom stereocenters. The lowest BCUT2D eigenvalue weighted by Gasteiger charge is -2.11. The maximum absolute atomic E-state index is 12.2. The zero-order chi connectivity index (χ0) is 22.2. The molecular weight excluding hydrogens is 396 g/mol. The molecule has 0 aliphatic carbocycles. The lowest BCUT2D eigenvalue weighted by atomic mass is 10.0. The Morgan fingerprint density at radius 1 is 0.935 bits per heavy atom. The second kappa shape index (κ2) is 10.2. The third-order valence-electron chi connectivity index (χ3n) is 4.65. The highest BCUT2D eigenvalue weighted by atomic mass is 16.5. The van der Waals surface area contributed by atoms with E-state index < -0.39 is 18.5 Å². The predicted molar refractivity (Wildman–Crippen MR) is 118 cm³/mol. The summed E-state index contributed by atoms with van der Waals surface area (Å²) in [4.78, 5) is 36.2. The summed E-state index contributed by atoms with van der Waals surface area (Å²) in [5.41, 5.74) is 2.31. The molecule has 3 rings (SSSR count). The van der Waals surface area contributed by atoms with E-state index >= 15 is 0 Å². The molecule has 0 aliphatic heterocycles. The first kappa shape index (κ1) is 21.8. The van der Waals surface area contributed by atoms with Crippen LogP contribution >= 0.6 is 0 Å². The topological polar surface area (TPSA) is 93.7 Å². The Morgan fingerprint density at radius 2 is 1.71 bits per heavy atom. The van der Waals surface area contributed by atoms with Gasteiger partial charge in [0.2, 0.25) is 5.91 Å². The maximum atomic E-state index is 12.2. The van der Waals surface area contributed by atoms with Gasteiger partial charge in [0.15, 0.2) is 6.61 Å². The van der Waals surface area contributed by atoms with Crippen LogP contribution < -0.4 is 15.4 Å². The van der Waals surface area contributed by atoms with Crippen LogP contribution in [0.25, 0.3) is 10.8 Å². The normalized spacial score (nSPS) is 10.4. The highest BCUT2D eigenvalue weighted by molar-refractivity contribution is 5.95. The van der Waals surface area contributed by atoms with E-state index in [1.165, 1.54) is 7.11 Å². The molecule has 160 valence electrons. The number of carbonyl (C=O) groups excluding carboxylic acids is 3. The predicted octanol–water partition coefficient (Wildman–Crippen LogP) is 3.00. The van der Waals surface area contributed by atoms with E-state index in [0.717, 1.165) is 21.9 Å². The van der Waals surface area contributed by atoms with Crippen molar-refractivity contribution in [3.05, 3.63) is 71.8 Å². The molecule has 2 amide bonds. The van der Waals surface area contributed by atoms with Crippen LogP contribution in [-0.4, -0.2) is 38.0 Å². The van der Waals surface area contributed by atoms with Gasteiger partial charge >= 0.3 is 5.97 Å². The number of methoxy groups -OCH3 is 1. The van der Waals surface area contributed by atoms with Gasteiger partial charge in [-0.15, -0.1) is 0 Å². The highest BCUT2D eigenvalue weighted by Gasteiger charge is 2.13. The number of hydrogen-bond acceptors (Lipinski definition) is 5. The largest absolute Gasteiger partial charge is 0.495 e. The van der Waals surface area contributed by atoms with Gasteiger partial charge in [-0.3, -0.25) is 14.4 Å². The van der Waals surface area contributed by atoms with Gasteiger partial charge in [-0.25, -0.2) is 0 Å². The number of hydrogen-bond donors (Lipinski definition) is 2. The second-order valence-electron chi connectivity index (χ2n) is 7.00. The Kier molecular flexibility index (Phi) is 7.22. The van der Waals surface area contributed by atoms with Crippen molar-refractivity contribution in [1.29, 1.82) is 0 Å². The average Bonchev–Trinajstić information content (AvgIpc) is 2.77. The summed E-state index contributed by atoms with van der Waals surface area (Å²) in [5.74, 6) is -0.995.